The number of hydrogen-bond donors (Lipinski definition) is 4. The number of nitrogens with zero attached hydrogens (tertiary/aromatic N) is 4. The molecule has 1 aliphatic heterocycles. The number of aromatic nitrogens is 4. The Balaban J connectivity index is 1.67. The van der Waals surface area contributed by atoms with Crippen molar-refractivity contribution in [3.05, 3.63) is 58.4 Å². The van der Waals surface area contributed by atoms with Gasteiger partial charge in [0, 0.05) is 61.8 Å². The highest BCUT2D eigenvalue weighted by Crippen LogP contribution is 2.42. The summed E-state index contributed by atoms with van der Waals surface area (Å²) in [4.78, 5) is 39.8. The fourth-order valence-electron chi connectivity index (χ4n) is 5.43. The average Bonchev–Trinajstić information content (AvgIpc) is 3.32. The summed E-state index contributed by atoms with van der Waals surface area (Å²) in [5, 5.41) is 24.2. The van der Waals surface area contributed by atoms with Crippen LogP contribution >= 0.6 is 0 Å². The van der Waals surface area contributed by atoms with E-state index in [1.165, 1.54) is 22.9 Å². The molecule has 1 fully saturated rings. The van der Waals surface area contributed by atoms with E-state index in [2.05, 4.69) is 25.2 Å². The summed E-state index contributed by atoms with van der Waals surface area (Å²) in [6, 6.07) is 4.49. The molecule has 0 aliphatic carbocycles. The van der Waals surface area contributed by atoms with Crippen LogP contribution in [0.25, 0.3) is 44.1 Å². The van der Waals surface area contributed by atoms with Crippen molar-refractivity contribution in [2.24, 2.45) is 0 Å². The van der Waals surface area contributed by atoms with Crippen molar-refractivity contribution in [3.8, 4) is 11.1 Å². The minimum absolute atomic E-state index is 0.0602. The lowest BCUT2D eigenvalue weighted by molar-refractivity contribution is 0.0694. The minimum atomic E-state index is -1.37. The summed E-state index contributed by atoms with van der Waals surface area (Å²) in [6.45, 7) is 3.80. The average molecular weight is 547 g/mol. The molecule has 0 amide bonds. The molecule has 1 atom stereocenters. The lowest BCUT2D eigenvalue weighted by Crippen LogP contribution is -2.36. The van der Waals surface area contributed by atoms with Gasteiger partial charge in [-0.25, -0.2) is 19.2 Å². The maximum atomic E-state index is 14.7. The zero-order valence-corrected chi connectivity index (χ0v) is 21.9. The van der Waals surface area contributed by atoms with E-state index < -0.39 is 28.9 Å². The second kappa shape index (κ2) is 9.88. The summed E-state index contributed by atoms with van der Waals surface area (Å²) in [5.41, 5.74) is 3.03. The lowest BCUT2D eigenvalue weighted by atomic mass is 10.0. The second-order valence-electron chi connectivity index (χ2n) is 9.87. The predicted molar refractivity (Wildman–Crippen MR) is 150 cm³/mol. The van der Waals surface area contributed by atoms with Gasteiger partial charge in [-0.3, -0.25) is 4.79 Å². The molecule has 1 unspecified atom stereocenters. The zero-order chi connectivity index (χ0) is 28.1. The third kappa shape index (κ3) is 4.21. The molecule has 1 aliphatic rings. The number of pyridine rings is 3. The highest BCUT2D eigenvalue weighted by atomic mass is 19.1. The fraction of sp³-hybridized carbons (Fsp3) is 0.286. The molecule has 5 heterocycles. The van der Waals surface area contributed by atoms with Gasteiger partial charge in [-0.1, -0.05) is 0 Å². The van der Waals surface area contributed by atoms with Gasteiger partial charge >= 0.3 is 5.97 Å². The normalized spacial score (nSPS) is 14.8. The summed E-state index contributed by atoms with van der Waals surface area (Å²) < 4.78 is 21.8. The van der Waals surface area contributed by atoms with E-state index in [1.807, 2.05) is 0 Å². The van der Waals surface area contributed by atoms with Crippen molar-refractivity contribution >= 4 is 50.3 Å². The number of carbonyl (C=O) groups is 1. The number of aliphatic hydroxyl groups is 1. The molecule has 5 aromatic rings. The number of nitrogens with one attached hydrogen (secondary N) is 2. The van der Waals surface area contributed by atoms with Crippen LogP contribution in [0.3, 0.4) is 0 Å². The van der Waals surface area contributed by atoms with Crippen molar-refractivity contribution in [3.63, 3.8) is 0 Å². The third-order valence-electron chi connectivity index (χ3n) is 7.18. The molecule has 6 rings (SSSR count). The van der Waals surface area contributed by atoms with Crippen LogP contribution in [0.5, 0.6) is 0 Å². The van der Waals surface area contributed by atoms with Gasteiger partial charge in [-0.05, 0) is 25.1 Å². The van der Waals surface area contributed by atoms with Gasteiger partial charge in [-0.15, -0.1) is 0 Å². The Morgan fingerprint density at radius 3 is 2.67 bits per heavy atom. The molecule has 11 nitrogen and oxygen atoms in total. The molecule has 0 saturated carbocycles. The fourth-order valence-corrected chi connectivity index (χ4v) is 5.43. The zero-order valence-electron chi connectivity index (χ0n) is 21.9. The summed E-state index contributed by atoms with van der Waals surface area (Å²) >= 11 is 0. The number of rotatable bonds is 6. The number of anilines is 2. The SMILES string of the molecule is CNc1cc(F)cc2c1[nH]c1ncc(-c3cnc4c(c3)c(=O)c(C(=O)O)cn4CC(C)O)c(N3CCOCC3)c12. The monoisotopic (exact) mass is 546 g/mol. The minimum Gasteiger partial charge on any atom is -0.477 e. The van der Waals surface area contributed by atoms with Crippen molar-refractivity contribution in [2.75, 3.05) is 43.6 Å². The molecule has 206 valence electrons. The maximum Gasteiger partial charge on any atom is 0.341 e. The largest absolute Gasteiger partial charge is 0.477 e. The Labute approximate surface area is 226 Å². The standard InChI is InChI=1S/C28H27FN6O5/c1-14(36)12-35-13-20(28(38)39)25(37)18-7-15(10-32-27(18)35)19-11-31-26-22(24(19)34-3-5-40-6-4-34)17-8-16(29)9-21(30-2)23(17)33-26/h7-11,13-14,30,36H,3-6,12H2,1-2H3,(H,31,33)(H,38,39). The van der Waals surface area contributed by atoms with Crippen LogP contribution in [-0.4, -0.2) is 75.2 Å². The van der Waals surface area contributed by atoms with Crippen LogP contribution in [0.1, 0.15) is 17.3 Å². The number of carboxylic acid groups (broad SMARTS) is 1. The number of fused-ring (bicyclic) bond motifs is 4. The van der Waals surface area contributed by atoms with E-state index in [0.717, 1.165) is 11.1 Å². The first-order chi connectivity index (χ1) is 19.3. The number of aromatic carboxylic acids is 1. The van der Waals surface area contributed by atoms with Gasteiger partial charge < -0.3 is 34.7 Å². The lowest BCUT2D eigenvalue weighted by Gasteiger charge is -2.31. The van der Waals surface area contributed by atoms with Crippen molar-refractivity contribution in [1.82, 2.24) is 19.5 Å². The highest BCUT2D eigenvalue weighted by molar-refractivity contribution is 6.17. The molecule has 1 saturated heterocycles. The van der Waals surface area contributed by atoms with Crippen LogP contribution < -0.4 is 15.6 Å². The number of benzene rings is 1. The first-order valence-corrected chi connectivity index (χ1v) is 12.9. The van der Waals surface area contributed by atoms with E-state index in [9.17, 15) is 24.2 Å². The van der Waals surface area contributed by atoms with Gasteiger partial charge in [0.15, 0.2) is 0 Å². The first-order valence-electron chi connectivity index (χ1n) is 12.9. The van der Waals surface area contributed by atoms with Crippen molar-refractivity contribution < 1.29 is 24.1 Å². The number of carboxylic acids is 1. The third-order valence-corrected chi connectivity index (χ3v) is 7.18. The molecule has 4 aromatic heterocycles. The van der Waals surface area contributed by atoms with Crippen LogP contribution in [0.4, 0.5) is 15.8 Å². The van der Waals surface area contributed by atoms with Gasteiger partial charge in [0.1, 0.15) is 22.7 Å². The Morgan fingerprint density at radius 2 is 1.98 bits per heavy atom. The van der Waals surface area contributed by atoms with E-state index in [0.29, 0.717) is 59.7 Å². The molecule has 0 radical (unpaired) electrons. The number of morpholine rings is 1. The molecule has 0 spiro atoms. The number of hydrogen-bond acceptors (Lipinski definition) is 8. The van der Waals surface area contributed by atoms with E-state index in [-0.39, 0.29) is 17.6 Å². The van der Waals surface area contributed by atoms with E-state index >= 15 is 0 Å². The molecular formula is C28H27FN6O5. The molecule has 1 aromatic carbocycles. The summed E-state index contributed by atoms with van der Waals surface area (Å²) in [7, 11) is 1.72. The van der Waals surface area contributed by atoms with Gasteiger partial charge in [0.25, 0.3) is 0 Å². The van der Waals surface area contributed by atoms with Gasteiger partial charge in [-0.2, -0.15) is 0 Å². The number of H-pyrrole nitrogens is 1. The molecule has 40 heavy (non-hydrogen) atoms. The molecule has 4 N–H and O–H groups in total. The quantitative estimate of drug-likeness (QED) is 0.252. The summed E-state index contributed by atoms with van der Waals surface area (Å²) in [5.74, 6) is -1.77. The smallest absolute Gasteiger partial charge is 0.341 e. The van der Waals surface area contributed by atoms with E-state index in [1.54, 1.807) is 32.4 Å². The molecule has 12 heteroatoms. The second-order valence-corrected chi connectivity index (χ2v) is 9.87. The Kier molecular flexibility index (Phi) is 6.35. The Hall–Kier alpha value is -4.55. The Bertz CT molecular complexity index is 1860. The Morgan fingerprint density at radius 1 is 1.20 bits per heavy atom. The van der Waals surface area contributed by atoms with Crippen LogP contribution in [0.2, 0.25) is 0 Å². The molecule has 0 bridgehead atoms. The van der Waals surface area contributed by atoms with Crippen molar-refractivity contribution in [2.45, 2.75) is 19.6 Å². The van der Waals surface area contributed by atoms with E-state index in [4.69, 9.17) is 4.74 Å². The highest BCUT2D eigenvalue weighted by Gasteiger charge is 2.25. The van der Waals surface area contributed by atoms with Gasteiger partial charge in [0.2, 0.25) is 5.43 Å². The van der Waals surface area contributed by atoms with Crippen LogP contribution in [0, 0.1) is 5.82 Å². The first kappa shape index (κ1) is 25.7. The topological polar surface area (TPSA) is 146 Å². The number of halogens is 1. The van der Waals surface area contributed by atoms with Crippen molar-refractivity contribution in [1.29, 1.82) is 0 Å². The van der Waals surface area contributed by atoms with Crippen LogP contribution in [0.15, 0.2) is 41.6 Å². The summed E-state index contributed by atoms with van der Waals surface area (Å²) in [6.07, 6.45) is 3.69. The number of aliphatic hydroxyl groups excluding tert-OH is 1. The number of ether oxygens (including phenoxy) is 1. The predicted octanol–water partition coefficient (Wildman–Crippen LogP) is 3.19. The molecular weight excluding hydrogens is 519 g/mol. The number of aromatic amines is 1. The van der Waals surface area contributed by atoms with Crippen LogP contribution in [-0.2, 0) is 11.3 Å². The maximum absolute atomic E-state index is 14.7. The van der Waals surface area contributed by atoms with Gasteiger partial charge in [0.05, 0.1) is 47.0 Å².